The molecule has 7 nitrogen and oxygen atoms in total. The topological polar surface area (TPSA) is 107 Å². The molecule has 2 aromatic rings. The van der Waals surface area contributed by atoms with Crippen LogP contribution in [0.5, 0.6) is 0 Å². The van der Waals surface area contributed by atoms with Crippen LogP contribution in [-0.2, 0) is 22.4 Å². The molecule has 0 fully saturated rings. The molecule has 7 heteroatoms. The van der Waals surface area contributed by atoms with E-state index < -0.39 is 18.5 Å². The first-order chi connectivity index (χ1) is 11.5. The van der Waals surface area contributed by atoms with E-state index in [1.165, 1.54) is 0 Å². The highest BCUT2D eigenvalue weighted by Crippen LogP contribution is 2.22. The standard InChI is InChI=1S/C17H21N3O4/c1-4-11-7-6-8-12(5-2)15(11)19-13(21)9-23-17(22)14-10(3)20-24-16(14)18/h6-8H,4-5,9,18H2,1-3H3,(H,19,21). The Labute approximate surface area is 140 Å². The normalized spacial score (nSPS) is 10.5. The van der Waals surface area contributed by atoms with Crippen LogP contribution in [0.1, 0.15) is 41.0 Å². The van der Waals surface area contributed by atoms with Gasteiger partial charge in [-0.3, -0.25) is 4.79 Å². The third-order valence-electron chi connectivity index (χ3n) is 3.69. The maximum Gasteiger partial charge on any atom is 0.346 e. The number of ether oxygens (including phenoxy) is 1. The van der Waals surface area contributed by atoms with Gasteiger partial charge in [0.25, 0.3) is 5.91 Å². The monoisotopic (exact) mass is 331 g/mol. The average Bonchev–Trinajstić information content (AvgIpc) is 2.91. The molecule has 1 amide bonds. The predicted molar refractivity (Wildman–Crippen MR) is 89.8 cm³/mol. The number of nitrogen functional groups attached to an aromatic ring is 1. The van der Waals surface area contributed by atoms with Crippen molar-refractivity contribution in [1.82, 2.24) is 5.16 Å². The zero-order valence-corrected chi connectivity index (χ0v) is 14.0. The molecule has 128 valence electrons. The zero-order valence-electron chi connectivity index (χ0n) is 14.0. The lowest BCUT2D eigenvalue weighted by atomic mass is 10.0. The number of nitrogens with one attached hydrogen (secondary N) is 1. The Kier molecular flexibility index (Phi) is 5.57. The number of amides is 1. The Bertz CT molecular complexity index is 711. The van der Waals surface area contributed by atoms with Gasteiger partial charge in [0.05, 0.1) is 5.69 Å². The number of nitrogens with two attached hydrogens (primary N) is 1. The molecule has 24 heavy (non-hydrogen) atoms. The Morgan fingerprint density at radius 2 is 1.88 bits per heavy atom. The van der Waals surface area contributed by atoms with Crippen molar-refractivity contribution >= 4 is 23.4 Å². The molecule has 0 atom stereocenters. The Hall–Kier alpha value is -2.83. The number of anilines is 2. The first-order valence-electron chi connectivity index (χ1n) is 7.77. The maximum absolute atomic E-state index is 12.1. The van der Waals surface area contributed by atoms with Gasteiger partial charge in [-0.15, -0.1) is 0 Å². The molecule has 0 spiro atoms. The summed E-state index contributed by atoms with van der Waals surface area (Å²) >= 11 is 0. The summed E-state index contributed by atoms with van der Waals surface area (Å²) in [6.07, 6.45) is 1.58. The summed E-state index contributed by atoms with van der Waals surface area (Å²) in [5.41, 5.74) is 8.74. The van der Waals surface area contributed by atoms with Gasteiger partial charge < -0.3 is 20.3 Å². The van der Waals surface area contributed by atoms with E-state index in [1.54, 1.807) is 6.92 Å². The minimum Gasteiger partial charge on any atom is -0.452 e. The molecule has 0 radical (unpaired) electrons. The van der Waals surface area contributed by atoms with Crippen LogP contribution in [0.3, 0.4) is 0 Å². The second-order valence-electron chi connectivity index (χ2n) is 5.29. The van der Waals surface area contributed by atoms with Gasteiger partial charge in [0.2, 0.25) is 5.88 Å². The molecular formula is C17H21N3O4. The highest BCUT2D eigenvalue weighted by molar-refractivity contribution is 5.98. The lowest BCUT2D eigenvalue weighted by Gasteiger charge is -2.14. The van der Waals surface area contributed by atoms with Crippen LogP contribution in [0.4, 0.5) is 11.6 Å². The molecule has 2 rings (SSSR count). The number of esters is 1. The summed E-state index contributed by atoms with van der Waals surface area (Å²) in [5.74, 6) is -1.27. The number of aromatic nitrogens is 1. The third-order valence-corrected chi connectivity index (χ3v) is 3.69. The quantitative estimate of drug-likeness (QED) is 0.787. The zero-order chi connectivity index (χ0) is 17.7. The van der Waals surface area contributed by atoms with Crippen LogP contribution < -0.4 is 11.1 Å². The summed E-state index contributed by atoms with van der Waals surface area (Å²) in [4.78, 5) is 24.1. The molecular weight excluding hydrogens is 310 g/mol. The predicted octanol–water partition coefficient (Wildman–Crippen LogP) is 2.49. The number of carbonyl (C=O) groups excluding carboxylic acids is 2. The minimum absolute atomic E-state index is 0.0472. The fraction of sp³-hybridized carbons (Fsp3) is 0.353. The van der Waals surface area contributed by atoms with Gasteiger partial charge in [0, 0.05) is 5.69 Å². The number of hydrogen-bond donors (Lipinski definition) is 2. The summed E-state index contributed by atoms with van der Waals surface area (Å²) in [5, 5.41) is 6.40. The second-order valence-corrected chi connectivity index (χ2v) is 5.29. The van der Waals surface area contributed by atoms with Crippen molar-refractivity contribution < 1.29 is 18.8 Å². The van der Waals surface area contributed by atoms with Gasteiger partial charge >= 0.3 is 5.97 Å². The number of carbonyl (C=O) groups is 2. The van der Waals surface area contributed by atoms with E-state index in [4.69, 9.17) is 15.0 Å². The Balaban J connectivity index is 2.03. The molecule has 1 heterocycles. The minimum atomic E-state index is -0.735. The van der Waals surface area contributed by atoms with Crippen molar-refractivity contribution in [3.63, 3.8) is 0 Å². The number of nitrogens with zero attached hydrogens (tertiary/aromatic N) is 1. The molecule has 0 aliphatic heterocycles. The van der Waals surface area contributed by atoms with E-state index in [2.05, 4.69) is 10.5 Å². The molecule has 0 unspecified atom stereocenters. The molecule has 0 saturated heterocycles. The van der Waals surface area contributed by atoms with E-state index in [0.717, 1.165) is 29.7 Å². The Morgan fingerprint density at radius 1 is 1.25 bits per heavy atom. The van der Waals surface area contributed by atoms with E-state index in [9.17, 15) is 9.59 Å². The molecule has 0 saturated carbocycles. The van der Waals surface area contributed by atoms with Gasteiger partial charge in [-0.1, -0.05) is 37.2 Å². The lowest BCUT2D eigenvalue weighted by Crippen LogP contribution is -2.22. The van der Waals surface area contributed by atoms with Crippen LogP contribution in [0.15, 0.2) is 22.7 Å². The van der Waals surface area contributed by atoms with Crippen LogP contribution in [0.2, 0.25) is 0 Å². The van der Waals surface area contributed by atoms with Crippen LogP contribution in [0.25, 0.3) is 0 Å². The molecule has 1 aromatic heterocycles. The first-order valence-corrected chi connectivity index (χ1v) is 7.77. The first kappa shape index (κ1) is 17.5. The summed E-state index contributed by atoms with van der Waals surface area (Å²) in [7, 11) is 0. The van der Waals surface area contributed by atoms with Gasteiger partial charge in [-0.25, -0.2) is 4.79 Å². The van der Waals surface area contributed by atoms with E-state index in [0.29, 0.717) is 5.69 Å². The molecule has 0 bridgehead atoms. The van der Waals surface area contributed by atoms with Crippen molar-refractivity contribution in [2.24, 2.45) is 0 Å². The van der Waals surface area contributed by atoms with Crippen molar-refractivity contribution in [2.75, 3.05) is 17.7 Å². The number of benzene rings is 1. The molecule has 0 aliphatic carbocycles. The van der Waals surface area contributed by atoms with Crippen LogP contribution in [0, 0.1) is 6.92 Å². The SMILES string of the molecule is CCc1cccc(CC)c1NC(=O)COC(=O)c1c(C)noc1N. The van der Waals surface area contributed by atoms with Crippen LogP contribution >= 0.6 is 0 Å². The van der Waals surface area contributed by atoms with Gasteiger partial charge in [0.15, 0.2) is 6.61 Å². The fourth-order valence-electron chi connectivity index (χ4n) is 2.42. The average molecular weight is 331 g/mol. The van der Waals surface area contributed by atoms with E-state index >= 15 is 0 Å². The van der Waals surface area contributed by atoms with E-state index in [1.807, 2.05) is 32.0 Å². The molecule has 1 aromatic carbocycles. The summed E-state index contributed by atoms with van der Waals surface area (Å²) in [6.45, 7) is 5.19. The fourth-order valence-corrected chi connectivity index (χ4v) is 2.42. The number of hydrogen-bond acceptors (Lipinski definition) is 6. The number of aryl methyl sites for hydroxylation is 3. The number of para-hydroxylation sites is 1. The Morgan fingerprint density at radius 3 is 2.38 bits per heavy atom. The smallest absolute Gasteiger partial charge is 0.346 e. The van der Waals surface area contributed by atoms with Crippen molar-refractivity contribution in [3.8, 4) is 0 Å². The lowest BCUT2D eigenvalue weighted by molar-refractivity contribution is -0.119. The van der Waals surface area contributed by atoms with Gasteiger partial charge in [-0.05, 0) is 30.9 Å². The van der Waals surface area contributed by atoms with Gasteiger partial charge in [-0.2, -0.15) is 0 Å². The molecule has 3 N–H and O–H groups in total. The maximum atomic E-state index is 12.1. The molecule has 0 aliphatic rings. The highest BCUT2D eigenvalue weighted by atomic mass is 16.5. The summed E-state index contributed by atoms with van der Waals surface area (Å²) < 4.78 is 9.70. The van der Waals surface area contributed by atoms with Crippen molar-refractivity contribution in [2.45, 2.75) is 33.6 Å². The third kappa shape index (κ3) is 3.73. The summed E-state index contributed by atoms with van der Waals surface area (Å²) in [6, 6.07) is 5.88. The number of rotatable bonds is 6. The van der Waals surface area contributed by atoms with Crippen molar-refractivity contribution in [1.29, 1.82) is 0 Å². The highest BCUT2D eigenvalue weighted by Gasteiger charge is 2.21. The van der Waals surface area contributed by atoms with E-state index in [-0.39, 0.29) is 11.4 Å². The largest absolute Gasteiger partial charge is 0.452 e. The van der Waals surface area contributed by atoms with Crippen molar-refractivity contribution in [3.05, 3.63) is 40.6 Å². The second kappa shape index (κ2) is 7.63. The van der Waals surface area contributed by atoms with Crippen LogP contribution in [-0.4, -0.2) is 23.6 Å². The van der Waals surface area contributed by atoms with Gasteiger partial charge in [0.1, 0.15) is 5.56 Å².